The monoisotopic (exact) mass is 301 g/mol. The van der Waals surface area contributed by atoms with Gasteiger partial charge in [0.05, 0.1) is 0 Å². The number of aliphatic carboxylic acids is 1. The van der Waals surface area contributed by atoms with E-state index in [0.717, 1.165) is 32.1 Å². The van der Waals surface area contributed by atoms with Gasteiger partial charge in [-0.3, -0.25) is 4.79 Å². The Balaban J connectivity index is 1.55. The van der Waals surface area contributed by atoms with Crippen LogP contribution in [0.4, 0.5) is 0 Å². The zero-order valence-corrected chi connectivity index (χ0v) is 12.8. The number of hydrogen-bond acceptors (Lipinski definition) is 2. The van der Waals surface area contributed by atoms with Crippen molar-refractivity contribution < 1.29 is 14.7 Å². The lowest BCUT2D eigenvalue weighted by atomic mass is 9.75. The predicted octanol–water partition coefficient (Wildman–Crippen LogP) is 3.08. The molecule has 1 amide bonds. The lowest BCUT2D eigenvalue weighted by Gasteiger charge is -2.40. The van der Waals surface area contributed by atoms with Gasteiger partial charge in [0, 0.05) is 5.92 Å². The first-order chi connectivity index (χ1) is 10.6. The van der Waals surface area contributed by atoms with Crippen LogP contribution in [0.2, 0.25) is 0 Å². The molecule has 2 aliphatic rings. The van der Waals surface area contributed by atoms with Gasteiger partial charge in [-0.15, -0.1) is 0 Å². The maximum absolute atomic E-state index is 12.4. The number of carboxylic acid groups (broad SMARTS) is 1. The summed E-state index contributed by atoms with van der Waals surface area (Å²) in [6.45, 7) is 0. The molecule has 0 radical (unpaired) electrons. The molecule has 22 heavy (non-hydrogen) atoms. The summed E-state index contributed by atoms with van der Waals surface area (Å²) < 4.78 is 0. The van der Waals surface area contributed by atoms with E-state index in [1.807, 2.05) is 6.07 Å². The topological polar surface area (TPSA) is 66.4 Å². The highest BCUT2D eigenvalue weighted by atomic mass is 16.4. The quantitative estimate of drug-likeness (QED) is 0.898. The molecule has 0 aliphatic heterocycles. The molecule has 0 aromatic heterocycles. The molecule has 0 spiro atoms. The van der Waals surface area contributed by atoms with Crippen LogP contribution >= 0.6 is 0 Å². The number of benzene rings is 1. The molecular weight excluding hydrogens is 278 g/mol. The fourth-order valence-corrected chi connectivity index (χ4v) is 3.67. The van der Waals surface area contributed by atoms with Crippen molar-refractivity contribution in [3.63, 3.8) is 0 Å². The number of amides is 1. The van der Waals surface area contributed by atoms with Crippen molar-refractivity contribution in [3.05, 3.63) is 35.9 Å². The largest absolute Gasteiger partial charge is 0.480 e. The predicted molar refractivity (Wildman–Crippen MR) is 83.5 cm³/mol. The van der Waals surface area contributed by atoms with Crippen molar-refractivity contribution in [1.29, 1.82) is 0 Å². The van der Waals surface area contributed by atoms with E-state index in [1.54, 1.807) is 0 Å². The third-order valence-corrected chi connectivity index (χ3v) is 5.35. The molecular formula is C18H23NO3. The van der Waals surface area contributed by atoms with Gasteiger partial charge >= 0.3 is 5.97 Å². The Bertz CT molecular complexity index is 543. The second-order valence-electron chi connectivity index (χ2n) is 6.69. The summed E-state index contributed by atoms with van der Waals surface area (Å²) in [4.78, 5) is 23.7. The molecule has 0 saturated heterocycles. The van der Waals surface area contributed by atoms with Crippen molar-refractivity contribution in [2.45, 2.75) is 56.4 Å². The van der Waals surface area contributed by atoms with E-state index < -0.39 is 11.5 Å². The van der Waals surface area contributed by atoms with Gasteiger partial charge in [0.1, 0.15) is 5.54 Å². The summed E-state index contributed by atoms with van der Waals surface area (Å²) >= 11 is 0. The fourth-order valence-electron chi connectivity index (χ4n) is 3.67. The first-order valence-corrected chi connectivity index (χ1v) is 8.21. The smallest absolute Gasteiger partial charge is 0.329 e. The average Bonchev–Trinajstić information content (AvgIpc) is 2.51. The Kier molecular flexibility index (Phi) is 4.19. The zero-order chi connectivity index (χ0) is 15.6. The van der Waals surface area contributed by atoms with Crippen LogP contribution in [-0.4, -0.2) is 22.5 Å². The molecule has 2 N–H and O–H groups in total. The summed E-state index contributed by atoms with van der Waals surface area (Å²) in [5, 5.41) is 12.1. The zero-order valence-electron chi connectivity index (χ0n) is 12.8. The normalized spacial score (nSPS) is 26.7. The van der Waals surface area contributed by atoms with Crippen LogP contribution in [0.25, 0.3) is 0 Å². The molecule has 0 atom stereocenters. The molecule has 2 saturated carbocycles. The van der Waals surface area contributed by atoms with Crippen LogP contribution in [0.15, 0.2) is 30.3 Å². The van der Waals surface area contributed by atoms with Crippen molar-refractivity contribution in [2.24, 2.45) is 5.92 Å². The summed E-state index contributed by atoms with van der Waals surface area (Å²) in [5.41, 5.74) is 0.371. The van der Waals surface area contributed by atoms with E-state index >= 15 is 0 Å². The van der Waals surface area contributed by atoms with Gasteiger partial charge in [-0.1, -0.05) is 30.3 Å². The molecule has 1 aromatic rings. The molecule has 4 nitrogen and oxygen atoms in total. The van der Waals surface area contributed by atoms with Crippen LogP contribution in [0.3, 0.4) is 0 Å². The van der Waals surface area contributed by atoms with Gasteiger partial charge in [-0.05, 0) is 56.4 Å². The molecule has 0 unspecified atom stereocenters. The van der Waals surface area contributed by atoms with Crippen LogP contribution in [0.1, 0.15) is 56.4 Å². The highest BCUT2D eigenvalue weighted by Gasteiger charge is 2.46. The van der Waals surface area contributed by atoms with E-state index in [1.165, 1.54) is 5.56 Å². The average molecular weight is 301 g/mol. The first-order valence-electron chi connectivity index (χ1n) is 8.21. The third-order valence-electron chi connectivity index (χ3n) is 5.35. The Morgan fingerprint density at radius 3 is 2.18 bits per heavy atom. The second kappa shape index (κ2) is 6.11. The van der Waals surface area contributed by atoms with E-state index in [2.05, 4.69) is 29.6 Å². The van der Waals surface area contributed by atoms with Gasteiger partial charge in [-0.2, -0.15) is 0 Å². The summed E-state index contributed by atoms with van der Waals surface area (Å²) in [6, 6.07) is 10.4. The Morgan fingerprint density at radius 2 is 1.68 bits per heavy atom. The standard InChI is InChI=1S/C18H23NO3/c20-16(19-18(17(21)22)11-4-12-18)15-9-7-14(8-10-15)13-5-2-1-3-6-13/h1-3,5-6,14-15H,4,7-12H2,(H,19,20)(H,21,22). The lowest BCUT2D eigenvalue weighted by Crippen LogP contribution is -2.60. The summed E-state index contributed by atoms with van der Waals surface area (Å²) in [6.07, 6.45) is 5.71. The Labute approximate surface area is 130 Å². The number of hydrogen-bond donors (Lipinski definition) is 2. The van der Waals surface area contributed by atoms with Crippen LogP contribution < -0.4 is 5.32 Å². The summed E-state index contributed by atoms with van der Waals surface area (Å²) in [5.74, 6) is -0.446. The highest BCUT2D eigenvalue weighted by Crippen LogP contribution is 2.37. The van der Waals surface area contributed by atoms with Crippen molar-refractivity contribution in [1.82, 2.24) is 5.32 Å². The minimum atomic E-state index is -0.979. The van der Waals surface area contributed by atoms with Gasteiger partial charge < -0.3 is 10.4 Å². The van der Waals surface area contributed by atoms with Crippen molar-refractivity contribution in [3.8, 4) is 0 Å². The number of carboxylic acids is 1. The Morgan fingerprint density at radius 1 is 1.05 bits per heavy atom. The SMILES string of the molecule is O=C(NC1(C(=O)O)CCC1)C1CCC(c2ccccc2)CC1. The Hall–Kier alpha value is -1.84. The molecule has 2 aliphatic carbocycles. The number of carbonyl (C=O) groups excluding carboxylic acids is 1. The fraction of sp³-hybridized carbons (Fsp3) is 0.556. The minimum Gasteiger partial charge on any atom is -0.480 e. The van der Waals surface area contributed by atoms with E-state index in [-0.39, 0.29) is 11.8 Å². The number of rotatable bonds is 4. The number of carbonyl (C=O) groups is 2. The minimum absolute atomic E-state index is 0.0308. The highest BCUT2D eigenvalue weighted by molar-refractivity contribution is 5.88. The molecule has 4 heteroatoms. The molecule has 0 bridgehead atoms. The van der Waals surface area contributed by atoms with E-state index in [4.69, 9.17) is 0 Å². The lowest BCUT2D eigenvalue weighted by molar-refractivity contribution is -0.152. The molecule has 2 fully saturated rings. The molecule has 118 valence electrons. The van der Waals surface area contributed by atoms with Crippen LogP contribution in [-0.2, 0) is 9.59 Å². The summed E-state index contributed by atoms with van der Waals surface area (Å²) in [7, 11) is 0. The second-order valence-corrected chi connectivity index (χ2v) is 6.69. The van der Waals surface area contributed by atoms with Gasteiger partial charge in [0.25, 0.3) is 0 Å². The maximum atomic E-state index is 12.4. The van der Waals surface area contributed by atoms with E-state index in [9.17, 15) is 14.7 Å². The maximum Gasteiger partial charge on any atom is 0.329 e. The van der Waals surface area contributed by atoms with Crippen molar-refractivity contribution >= 4 is 11.9 Å². The van der Waals surface area contributed by atoms with Gasteiger partial charge in [0.2, 0.25) is 5.91 Å². The van der Waals surface area contributed by atoms with Gasteiger partial charge in [0.15, 0.2) is 0 Å². The van der Waals surface area contributed by atoms with E-state index in [0.29, 0.717) is 18.8 Å². The molecule has 0 heterocycles. The van der Waals surface area contributed by atoms with Gasteiger partial charge in [-0.25, -0.2) is 4.79 Å². The molecule has 3 rings (SSSR count). The first kappa shape index (κ1) is 15.1. The molecule has 1 aromatic carbocycles. The van der Waals surface area contributed by atoms with Crippen molar-refractivity contribution in [2.75, 3.05) is 0 Å². The van der Waals surface area contributed by atoms with Crippen LogP contribution in [0.5, 0.6) is 0 Å². The number of nitrogens with one attached hydrogen (secondary N) is 1. The third kappa shape index (κ3) is 2.87. The van der Waals surface area contributed by atoms with Crippen LogP contribution in [0, 0.1) is 5.92 Å².